The molecule has 0 saturated carbocycles. The lowest BCUT2D eigenvalue weighted by Gasteiger charge is -2.03. The van der Waals surface area contributed by atoms with Crippen molar-refractivity contribution in [3.8, 4) is 0 Å². The maximum Gasteiger partial charge on any atom is 0.331 e. The van der Waals surface area contributed by atoms with Gasteiger partial charge in [-0.05, 0) is 18.2 Å². The second-order valence-electron chi connectivity index (χ2n) is 3.82. The number of ether oxygens (including phenoxy) is 1. The molecule has 0 unspecified atom stereocenters. The van der Waals surface area contributed by atoms with Gasteiger partial charge in [0.15, 0.2) is 6.61 Å². The van der Waals surface area contributed by atoms with Gasteiger partial charge in [0.25, 0.3) is 5.91 Å². The number of hydrogen-bond donors (Lipinski definition) is 2. The number of nitrogens with one attached hydrogen (secondary N) is 1. The fourth-order valence-electron chi connectivity index (χ4n) is 1.24. The van der Waals surface area contributed by atoms with Crippen LogP contribution in [-0.2, 0) is 19.1 Å². The van der Waals surface area contributed by atoms with Crippen LogP contribution < -0.4 is 11.1 Å². The lowest BCUT2D eigenvalue weighted by Crippen LogP contribution is -2.35. The summed E-state index contributed by atoms with van der Waals surface area (Å²) >= 11 is 11.8. The molecule has 2 amide bonds. The number of halogens is 2. The van der Waals surface area contributed by atoms with Crippen LogP contribution in [0.15, 0.2) is 24.3 Å². The zero-order chi connectivity index (χ0) is 15.8. The number of nitrogens with two attached hydrogens (primary N) is 1. The third kappa shape index (κ3) is 6.29. The molecule has 0 aliphatic carbocycles. The van der Waals surface area contributed by atoms with Crippen LogP contribution in [-0.4, -0.2) is 30.9 Å². The predicted molar refractivity (Wildman–Crippen MR) is 78.7 cm³/mol. The molecule has 0 aliphatic heterocycles. The van der Waals surface area contributed by atoms with Crippen molar-refractivity contribution >= 4 is 47.1 Å². The number of carbonyl (C=O) groups is 3. The summed E-state index contributed by atoms with van der Waals surface area (Å²) in [4.78, 5) is 33.0. The highest BCUT2D eigenvalue weighted by molar-refractivity contribution is 6.37. The number of amides is 2. The lowest BCUT2D eigenvalue weighted by molar-refractivity contribution is -0.143. The first-order valence-corrected chi connectivity index (χ1v) is 6.49. The summed E-state index contributed by atoms with van der Waals surface area (Å²) < 4.78 is 4.66. The first-order valence-electron chi connectivity index (χ1n) is 5.74. The first kappa shape index (κ1) is 17.0. The van der Waals surface area contributed by atoms with Gasteiger partial charge in [-0.15, -0.1) is 0 Å². The van der Waals surface area contributed by atoms with E-state index in [1.165, 1.54) is 6.08 Å². The second-order valence-corrected chi connectivity index (χ2v) is 4.63. The van der Waals surface area contributed by atoms with Crippen molar-refractivity contribution in [3.05, 3.63) is 39.9 Å². The van der Waals surface area contributed by atoms with Crippen molar-refractivity contribution in [2.45, 2.75) is 0 Å². The van der Waals surface area contributed by atoms with Crippen LogP contribution in [0.25, 0.3) is 6.08 Å². The van der Waals surface area contributed by atoms with Gasteiger partial charge in [0, 0.05) is 21.7 Å². The van der Waals surface area contributed by atoms with Crippen LogP contribution in [0.5, 0.6) is 0 Å². The van der Waals surface area contributed by atoms with Crippen LogP contribution in [0.3, 0.4) is 0 Å². The summed E-state index contributed by atoms with van der Waals surface area (Å²) in [7, 11) is 0. The van der Waals surface area contributed by atoms with E-state index in [4.69, 9.17) is 28.9 Å². The Morgan fingerprint density at radius 1 is 1.24 bits per heavy atom. The molecule has 0 spiro atoms. The highest BCUT2D eigenvalue weighted by Crippen LogP contribution is 2.25. The van der Waals surface area contributed by atoms with Gasteiger partial charge in [-0.25, -0.2) is 4.79 Å². The Morgan fingerprint density at radius 2 is 1.86 bits per heavy atom. The van der Waals surface area contributed by atoms with Gasteiger partial charge in [-0.1, -0.05) is 29.3 Å². The summed E-state index contributed by atoms with van der Waals surface area (Å²) in [5.41, 5.74) is 5.31. The second kappa shape index (κ2) is 8.28. The Morgan fingerprint density at radius 3 is 2.43 bits per heavy atom. The molecule has 0 bridgehead atoms. The van der Waals surface area contributed by atoms with Gasteiger partial charge in [0.2, 0.25) is 5.91 Å². The van der Waals surface area contributed by atoms with E-state index in [9.17, 15) is 14.4 Å². The number of hydrogen-bond acceptors (Lipinski definition) is 4. The molecule has 1 aromatic carbocycles. The number of benzene rings is 1. The van der Waals surface area contributed by atoms with E-state index in [-0.39, 0.29) is 6.54 Å². The van der Waals surface area contributed by atoms with E-state index in [1.54, 1.807) is 18.2 Å². The summed E-state index contributed by atoms with van der Waals surface area (Å²) in [6, 6.07) is 4.91. The SMILES string of the molecule is NC(=O)CNC(=O)COC(=O)/C=C/c1c(Cl)cccc1Cl. The third-order valence-electron chi connectivity index (χ3n) is 2.19. The molecule has 0 aromatic heterocycles. The molecule has 1 aromatic rings. The van der Waals surface area contributed by atoms with Gasteiger partial charge in [0.05, 0.1) is 6.54 Å². The maximum atomic E-state index is 11.4. The average molecular weight is 331 g/mol. The standard InChI is InChI=1S/C13H12Cl2N2O4/c14-9-2-1-3-10(15)8(9)4-5-13(20)21-7-12(19)17-6-11(16)18/h1-5H,6-7H2,(H2,16,18)(H,17,19)/b5-4+. The fraction of sp³-hybridized carbons (Fsp3) is 0.154. The average Bonchev–Trinajstić information content (AvgIpc) is 2.42. The van der Waals surface area contributed by atoms with E-state index < -0.39 is 24.4 Å². The van der Waals surface area contributed by atoms with Gasteiger partial charge >= 0.3 is 5.97 Å². The van der Waals surface area contributed by atoms with Gasteiger partial charge in [-0.3, -0.25) is 9.59 Å². The summed E-state index contributed by atoms with van der Waals surface area (Å²) in [6.45, 7) is -0.839. The number of primary amides is 1. The third-order valence-corrected chi connectivity index (χ3v) is 2.85. The normalized spacial score (nSPS) is 10.4. The summed E-state index contributed by atoms with van der Waals surface area (Å²) in [5.74, 6) is -2.07. The van der Waals surface area contributed by atoms with Crippen molar-refractivity contribution in [2.75, 3.05) is 13.2 Å². The van der Waals surface area contributed by atoms with Crippen molar-refractivity contribution < 1.29 is 19.1 Å². The van der Waals surface area contributed by atoms with Crippen molar-refractivity contribution in [1.29, 1.82) is 0 Å². The Bertz CT molecular complexity index is 567. The molecule has 0 atom stereocenters. The van der Waals surface area contributed by atoms with E-state index in [2.05, 4.69) is 10.1 Å². The molecule has 0 saturated heterocycles. The number of rotatable bonds is 6. The molecule has 21 heavy (non-hydrogen) atoms. The van der Waals surface area contributed by atoms with E-state index in [0.717, 1.165) is 6.08 Å². The highest BCUT2D eigenvalue weighted by Gasteiger charge is 2.07. The van der Waals surface area contributed by atoms with E-state index >= 15 is 0 Å². The van der Waals surface area contributed by atoms with Crippen molar-refractivity contribution in [1.82, 2.24) is 5.32 Å². The van der Waals surface area contributed by atoms with Crippen LogP contribution >= 0.6 is 23.2 Å². The fourth-order valence-corrected chi connectivity index (χ4v) is 1.77. The minimum atomic E-state index is -0.750. The zero-order valence-corrected chi connectivity index (χ0v) is 12.3. The Labute approximate surface area is 130 Å². The monoisotopic (exact) mass is 330 g/mol. The Hall–Kier alpha value is -2.05. The molecule has 1 rings (SSSR count). The lowest BCUT2D eigenvalue weighted by atomic mass is 10.2. The molecular weight excluding hydrogens is 319 g/mol. The smallest absolute Gasteiger partial charge is 0.331 e. The quantitative estimate of drug-likeness (QED) is 0.603. The molecule has 112 valence electrons. The summed E-state index contributed by atoms with van der Waals surface area (Å²) in [6.07, 6.45) is 2.47. The number of carbonyl (C=O) groups excluding carboxylic acids is 3. The summed E-state index contributed by atoms with van der Waals surface area (Å²) in [5, 5.41) is 2.93. The molecule has 0 aliphatic rings. The highest BCUT2D eigenvalue weighted by atomic mass is 35.5. The molecule has 6 nitrogen and oxygen atoms in total. The molecule has 3 N–H and O–H groups in total. The van der Waals surface area contributed by atoms with Crippen molar-refractivity contribution in [2.24, 2.45) is 5.73 Å². The predicted octanol–water partition coefficient (Wildman–Crippen LogP) is 1.15. The van der Waals surface area contributed by atoms with E-state index in [1.807, 2.05) is 0 Å². The van der Waals surface area contributed by atoms with Crippen molar-refractivity contribution in [3.63, 3.8) is 0 Å². The Kier molecular flexibility index (Phi) is 6.71. The van der Waals surface area contributed by atoms with Crippen LogP contribution in [0, 0.1) is 0 Å². The minimum absolute atomic E-state index is 0.318. The van der Waals surface area contributed by atoms with Gasteiger partial charge in [-0.2, -0.15) is 0 Å². The zero-order valence-electron chi connectivity index (χ0n) is 10.8. The maximum absolute atomic E-state index is 11.4. The molecular formula is C13H12Cl2N2O4. The molecule has 0 fully saturated rings. The largest absolute Gasteiger partial charge is 0.452 e. The molecule has 0 heterocycles. The van der Waals surface area contributed by atoms with Gasteiger partial charge < -0.3 is 15.8 Å². The van der Waals surface area contributed by atoms with Crippen LogP contribution in [0.4, 0.5) is 0 Å². The Balaban J connectivity index is 2.49. The topological polar surface area (TPSA) is 98.5 Å². The van der Waals surface area contributed by atoms with Crippen LogP contribution in [0.2, 0.25) is 10.0 Å². The number of esters is 1. The molecule has 0 radical (unpaired) electrons. The minimum Gasteiger partial charge on any atom is -0.452 e. The van der Waals surface area contributed by atoms with Gasteiger partial charge in [0.1, 0.15) is 0 Å². The van der Waals surface area contributed by atoms with E-state index in [0.29, 0.717) is 15.6 Å². The molecule has 8 heteroatoms. The first-order chi connectivity index (χ1) is 9.90. The van der Waals surface area contributed by atoms with Crippen LogP contribution in [0.1, 0.15) is 5.56 Å².